The number of allylic oxidation sites excluding steroid dienone is 2. The molecule has 23 heteroatoms. The van der Waals surface area contributed by atoms with E-state index in [1.807, 2.05) is 50.2 Å². The zero-order chi connectivity index (χ0) is 77.0. The fourth-order valence-corrected chi connectivity index (χ4v) is 23.7. The predicted octanol–water partition coefficient (Wildman–Crippen LogP) is 14.1. The molecule has 15 rings (SSSR count). The highest BCUT2D eigenvalue weighted by molar-refractivity contribution is 7.91. The second-order valence-corrected chi connectivity index (χ2v) is 39.6. The van der Waals surface area contributed by atoms with E-state index in [1.165, 1.54) is 67.3 Å². The minimum atomic E-state index is -3.98. The second kappa shape index (κ2) is 35.0. The molecule has 4 aromatic carbocycles. The zero-order valence-corrected chi connectivity index (χ0v) is 69.1. The van der Waals surface area contributed by atoms with Gasteiger partial charge in [0.05, 0.1) is 67.1 Å². The Bertz CT molecular complexity index is 4200. The molecule has 7 aliphatic heterocycles. The number of piperazine rings is 1. The number of hydrogen-bond acceptors (Lipinski definition) is 17. The number of amides is 2. The smallest absolute Gasteiger partial charge is 0.264 e. The second-order valence-electron chi connectivity index (χ2n) is 34.6. The fourth-order valence-electron chi connectivity index (χ4n) is 20.7. The lowest BCUT2D eigenvalue weighted by atomic mass is 9.62. The minimum absolute atomic E-state index is 0.222. The lowest BCUT2D eigenvalue weighted by molar-refractivity contribution is -0.127. The van der Waals surface area contributed by atoms with E-state index >= 15 is 0 Å². The summed E-state index contributed by atoms with van der Waals surface area (Å²) < 4.78 is 98.4. The summed E-state index contributed by atoms with van der Waals surface area (Å²) in [6.45, 7) is 19.5. The Labute approximate surface area is 665 Å². The van der Waals surface area contributed by atoms with Gasteiger partial charge in [-0.3, -0.25) is 19.4 Å². The fraction of sp³-hybridized carbons (Fsp3) is 0.655. The van der Waals surface area contributed by atoms with Crippen LogP contribution in [0.4, 0.5) is 11.4 Å². The molecule has 4 aromatic rings. The molecule has 5 fully saturated rings. The molecule has 3 N–H and O–H groups in total. The number of nitrogens with one attached hydrogen (secondary N) is 3. The first-order valence-corrected chi connectivity index (χ1v) is 45.4. The van der Waals surface area contributed by atoms with E-state index in [2.05, 4.69) is 82.9 Å². The van der Waals surface area contributed by atoms with Crippen molar-refractivity contribution in [1.82, 2.24) is 24.6 Å². The van der Waals surface area contributed by atoms with Crippen molar-refractivity contribution in [3.05, 3.63) is 141 Å². The van der Waals surface area contributed by atoms with E-state index in [4.69, 9.17) is 51.6 Å². The number of rotatable bonds is 14. The van der Waals surface area contributed by atoms with Crippen molar-refractivity contribution in [2.24, 2.45) is 35.5 Å². The zero-order valence-electron chi connectivity index (χ0n) is 65.9. The normalized spacial score (nSPS) is 33.6. The van der Waals surface area contributed by atoms with Crippen LogP contribution in [0, 0.1) is 35.5 Å². The highest BCUT2D eigenvalue weighted by Crippen LogP contribution is 2.53. The molecule has 14 atom stereocenters. The lowest BCUT2D eigenvalue weighted by Gasteiger charge is -2.53. The standard InChI is InChI=1S/C44H61ClN4O6S.C43H60ClN3O6S/c1-31-8-6-18-44(55-23-22-53-3,29-47-20-21-48-19-5-4-10-37(48)27-47)39-14-11-35(39)26-49-28-43(17-7-9-33-24-36(45)13-15-38(33)43)30-54-41-16-12-34(25-40(41)49)42(50)46-56(51,52)32(31)2;1-30-9-6-20-43(53-24-23-51-3,21-8-12-36-11-4-5-22-45-36)38-16-13-34(38)27-47-28-42(19-7-10-32-25-35(44)15-17-37(32)42)29-52-40-18-14-33(26-39(40)47)41(48)46-54(49,50)31(30)2/h6,12-13,15-16,18,24-25,31-32,35,37,39H,4-5,7-11,14,17,19-23,26-30H2,1-3H3,(H,46,50);6,14-15,17-18,20,25-26,30-31,34,36,38,45H,4-5,7-13,16,19,21-24,27-29H2,1-3H3,(H,46,48)/b18-6+;20-6+/t31-,32+,35-,37+,39+,43-,44+;30-,31+,34-,36+,38+,42-,43+/m00/s1. The van der Waals surface area contributed by atoms with Gasteiger partial charge < -0.3 is 43.5 Å². The van der Waals surface area contributed by atoms with Gasteiger partial charge in [0.1, 0.15) is 17.1 Å². The third kappa shape index (κ3) is 17.7. The van der Waals surface area contributed by atoms with Crippen molar-refractivity contribution in [2.75, 3.05) is 129 Å². The van der Waals surface area contributed by atoms with Crippen molar-refractivity contribution >= 4 is 66.4 Å². The van der Waals surface area contributed by atoms with Crippen LogP contribution in [0.3, 0.4) is 0 Å². The van der Waals surface area contributed by atoms with Crippen LogP contribution >= 0.6 is 23.2 Å². The van der Waals surface area contributed by atoms with Crippen LogP contribution in [0.1, 0.15) is 193 Å². The third-order valence-corrected chi connectivity index (χ3v) is 32.0. The van der Waals surface area contributed by atoms with Gasteiger partial charge in [0.2, 0.25) is 20.0 Å². The van der Waals surface area contributed by atoms with Gasteiger partial charge >= 0.3 is 0 Å². The van der Waals surface area contributed by atoms with Gasteiger partial charge in [-0.25, -0.2) is 26.3 Å². The maximum absolute atomic E-state index is 13.7. The first-order chi connectivity index (χ1) is 53.0. The maximum Gasteiger partial charge on any atom is 0.264 e. The van der Waals surface area contributed by atoms with Gasteiger partial charge in [0.25, 0.3) is 11.8 Å². The molecule has 2 amide bonds. The molecule has 7 heterocycles. The molecule has 2 saturated carbocycles. The highest BCUT2D eigenvalue weighted by Gasteiger charge is 2.53. The SMILES string of the molecule is COCCO[C@@]1(CCC[C@H]2CCCCN2)/C=C/C[C@H](C)[C@@H](C)S(=O)(=O)NC(=O)c2ccc3c(c2)N(C[C@@H]2CC[C@H]21)C[C@@]1(CCCc2cc(Cl)ccc21)CO3.COCCO[C@@]1(CN2CCN3CCCC[C@@H]3C2)/C=C/C[C@H](C)[C@@H](C)S(=O)(=O)NC(=O)c2ccc3c(c2)N(C[C@@H]2CC[C@H]21)C[C@@]1(CCCc2cc(Cl)ccc21)CO3. The molecule has 4 aliphatic carbocycles. The van der Waals surface area contributed by atoms with Crippen molar-refractivity contribution in [2.45, 2.75) is 207 Å². The van der Waals surface area contributed by atoms with Crippen LogP contribution in [-0.2, 0) is 62.7 Å². The number of anilines is 2. The number of piperidine rings is 2. The molecule has 11 aliphatic rings. The quantitative estimate of drug-likeness (QED) is 0.0792. The van der Waals surface area contributed by atoms with Gasteiger partial charge in [-0.05, 0) is 267 Å². The Morgan fingerprint density at radius 2 is 1.09 bits per heavy atom. The number of aryl methyl sites for hydroxylation is 2. The van der Waals surface area contributed by atoms with Crippen LogP contribution in [0.25, 0.3) is 0 Å². The number of carbonyl (C=O) groups excluding carboxylic acids is 2. The summed E-state index contributed by atoms with van der Waals surface area (Å²) in [6.07, 6.45) is 30.8. The number of hydrogen-bond donors (Lipinski definition) is 3. The molecule has 0 unspecified atom stereocenters. The van der Waals surface area contributed by atoms with E-state index in [0.717, 1.165) is 157 Å². The number of benzene rings is 4. The number of methoxy groups -OCH3 is 2. The van der Waals surface area contributed by atoms with Gasteiger partial charge in [-0.2, -0.15) is 0 Å². The minimum Gasteiger partial charge on any atom is -0.490 e. The number of halogens is 2. The number of fused-ring (bicyclic) bond motifs is 9. The van der Waals surface area contributed by atoms with E-state index in [-0.39, 0.29) is 34.5 Å². The van der Waals surface area contributed by atoms with Crippen molar-refractivity contribution in [3.8, 4) is 11.5 Å². The van der Waals surface area contributed by atoms with Gasteiger partial charge in [0, 0.05) is 111 Å². The summed E-state index contributed by atoms with van der Waals surface area (Å²) >= 11 is 13.1. The number of nitrogens with zero attached hydrogens (tertiary/aromatic N) is 4. The Balaban J connectivity index is 0.000000184. The first-order valence-electron chi connectivity index (χ1n) is 41.6. The molecule has 602 valence electrons. The molecular weight excluding hydrogens is 1470 g/mol. The molecule has 2 spiro atoms. The molecular formula is C87H121Cl2N7O12S2. The Morgan fingerprint density at radius 3 is 1.61 bits per heavy atom. The van der Waals surface area contributed by atoms with E-state index in [9.17, 15) is 26.4 Å². The molecule has 19 nitrogen and oxygen atoms in total. The van der Waals surface area contributed by atoms with E-state index in [0.29, 0.717) is 106 Å². The van der Waals surface area contributed by atoms with Crippen LogP contribution in [0.5, 0.6) is 11.5 Å². The third-order valence-electron chi connectivity index (χ3n) is 27.7. The molecule has 3 saturated heterocycles. The van der Waals surface area contributed by atoms with Crippen LogP contribution in [0.15, 0.2) is 97.1 Å². The summed E-state index contributed by atoms with van der Waals surface area (Å²) in [5, 5.41) is 3.67. The Hall–Kier alpha value is -5.30. The van der Waals surface area contributed by atoms with Crippen molar-refractivity contribution < 1.29 is 54.8 Å². The number of ether oxygens (including phenoxy) is 6. The average molecular weight is 1590 g/mol. The topological polar surface area (TPSA) is 207 Å². The molecule has 110 heavy (non-hydrogen) atoms. The van der Waals surface area contributed by atoms with Crippen LogP contribution in [0.2, 0.25) is 10.0 Å². The summed E-state index contributed by atoms with van der Waals surface area (Å²) in [6, 6.07) is 24.5. The summed E-state index contributed by atoms with van der Waals surface area (Å²) in [5.74, 6) is 0.901. The monoisotopic (exact) mass is 1590 g/mol. The van der Waals surface area contributed by atoms with Crippen LogP contribution in [-0.4, -0.2) is 192 Å². The molecule has 0 radical (unpaired) electrons. The van der Waals surface area contributed by atoms with Gasteiger partial charge in [-0.15, -0.1) is 0 Å². The molecule has 0 aromatic heterocycles. The Morgan fingerprint density at radius 1 is 0.564 bits per heavy atom. The van der Waals surface area contributed by atoms with Crippen molar-refractivity contribution in [1.29, 1.82) is 0 Å². The number of sulfonamides is 2. The largest absolute Gasteiger partial charge is 0.490 e. The van der Waals surface area contributed by atoms with Crippen LogP contribution < -0.4 is 34.0 Å². The summed E-state index contributed by atoms with van der Waals surface area (Å²) in [5.41, 5.74) is 5.77. The summed E-state index contributed by atoms with van der Waals surface area (Å²) in [7, 11) is -4.50. The van der Waals surface area contributed by atoms with E-state index in [1.54, 1.807) is 40.2 Å². The average Bonchev–Trinajstić information content (AvgIpc) is 1.61. The first kappa shape index (κ1) is 81.3. The lowest BCUT2D eigenvalue weighted by Crippen LogP contribution is -2.61. The van der Waals surface area contributed by atoms with E-state index < -0.39 is 53.6 Å². The predicted molar refractivity (Wildman–Crippen MR) is 437 cm³/mol. The number of carbonyl (C=O) groups is 2. The maximum atomic E-state index is 13.7. The van der Waals surface area contributed by atoms with Crippen molar-refractivity contribution in [3.63, 3.8) is 0 Å². The summed E-state index contributed by atoms with van der Waals surface area (Å²) in [4.78, 5) is 37.7. The van der Waals surface area contributed by atoms with Gasteiger partial charge in [0.15, 0.2) is 0 Å². The Kier molecular flexibility index (Phi) is 25.9. The molecule has 4 bridgehead atoms. The highest BCUT2D eigenvalue weighted by atomic mass is 35.5. The van der Waals surface area contributed by atoms with Gasteiger partial charge in [-0.1, -0.05) is 86.3 Å².